The number of thioether (sulfide) groups is 2. The molecule has 2 rings (SSSR count). The number of nitrogens with one attached hydrogen (secondary N) is 2. The first-order chi connectivity index (χ1) is 9.12. The number of carboxylic acid groups (broad SMARTS) is 1. The zero-order valence-corrected chi connectivity index (χ0v) is 12.4. The zero-order chi connectivity index (χ0) is 13.7. The third-order valence-electron chi connectivity index (χ3n) is 3.59. The molecular weight excluding hydrogens is 284 g/mol. The van der Waals surface area contributed by atoms with Gasteiger partial charge >= 0.3 is 12.0 Å². The fourth-order valence-electron chi connectivity index (χ4n) is 2.49. The largest absolute Gasteiger partial charge is 0.480 e. The number of aliphatic carboxylic acids is 1. The van der Waals surface area contributed by atoms with Gasteiger partial charge < -0.3 is 15.7 Å². The molecule has 0 aromatic heterocycles. The second-order valence-electron chi connectivity index (χ2n) is 5.00. The number of carbonyl (C=O) groups excluding carboxylic acids is 1. The van der Waals surface area contributed by atoms with E-state index >= 15 is 0 Å². The van der Waals surface area contributed by atoms with Gasteiger partial charge in [0.2, 0.25) is 0 Å². The molecular formula is C12H20N2O3S2. The number of carbonyl (C=O) groups is 2. The number of rotatable bonds is 4. The lowest BCUT2D eigenvalue weighted by Crippen LogP contribution is -2.56. The normalized spacial score (nSPS) is 25.8. The molecule has 1 saturated heterocycles. The van der Waals surface area contributed by atoms with E-state index in [2.05, 4.69) is 10.6 Å². The van der Waals surface area contributed by atoms with Crippen LogP contribution in [0.15, 0.2) is 0 Å². The maximum absolute atomic E-state index is 11.8. The Bertz CT molecular complexity index is 340. The summed E-state index contributed by atoms with van der Waals surface area (Å²) in [4.78, 5) is 23.2. The van der Waals surface area contributed by atoms with Crippen molar-refractivity contribution in [2.24, 2.45) is 0 Å². The van der Waals surface area contributed by atoms with E-state index in [1.807, 2.05) is 23.5 Å². The molecule has 1 aliphatic heterocycles. The van der Waals surface area contributed by atoms with E-state index in [0.29, 0.717) is 24.6 Å². The number of urea groups is 1. The number of hydrogen-bond acceptors (Lipinski definition) is 4. The highest BCUT2D eigenvalue weighted by Crippen LogP contribution is 2.29. The van der Waals surface area contributed by atoms with E-state index in [9.17, 15) is 14.7 Å². The lowest BCUT2D eigenvalue weighted by molar-refractivity contribution is -0.144. The fourth-order valence-corrected chi connectivity index (χ4v) is 5.11. The lowest BCUT2D eigenvalue weighted by atomic mass is 9.98. The Morgan fingerprint density at radius 3 is 2.58 bits per heavy atom. The maximum atomic E-state index is 11.8. The van der Waals surface area contributed by atoms with Gasteiger partial charge in [-0.15, -0.1) is 0 Å². The summed E-state index contributed by atoms with van der Waals surface area (Å²) in [7, 11) is 0. The van der Waals surface area contributed by atoms with Crippen LogP contribution in [-0.4, -0.2) is 51.7 Å². The summed E-state index contributed by atoms with van der Waals surface area (Å²) < 4.78 is 0. The predicted molar refractivity (Wildman–Crippen MR) is 78.9 cm³/mol. The molecule has 1 atom stereocenters. The van der Waals surface area contributed by atoms with Crippen LogP contribution in [0.25, 0.3) is 0 Å². The average molecular weight is 304 g/mol. The van der Waals surface area contributed by atoms with Crippen molar-refractivity contribution in [2.45, 2.75) is 36.5 Å². The highest BCUT2D eigenvalue weighted by atomic mass is 32.2. The SMILES string of the molecule is O=C(NCC1CSCCS1)NC1(C(=O)O)CCCC1. The van der Waals surface area contributed by atoms with Crippen LogP contribution < -0.4 is 10.6 Å². The minimum Gasteiger partial charge on any atom is -0.480 e. The van der Waals surface area contributed by atoms with E-state index in [-0.39, 0.29) is 6.03 Å². The summed E-state index contributed by atoms with van der Waals surface area (Å²) in [6, 6.07) is -0.347. The van der Waals surface area contributed by atoms with Gasteiger partial charge in [-0.05, 0) is 12.8 Å². The van der Waals surface area contributed by atoms with Crippen molar-refractivity contribution in [1.29, 1.82) is 0 Å². The summed E-state index contributed by atoms with van der Waals surface area (Å²) in [6.07, 6.45) is 2.79. The molecule has 0 aromatic rings. The quantitative estimate of drug-likeness (QED) is 0.734. The first-order valence-corrected chi connectivity index (χ1v) is 8.81. The Hall–Kier alpha value is -0.560. The molecule has 5 nitrogen and oxygen atoms in total. The molecule has 2 amide bonds. The Morgan fingerprint density at radius 1 is 1.26 bits per heavy atom. The highest BCUT2D eigenvalue weighted by molar-refractivity contribution is 8.06. The Morgan fingerprint density at radius 2 is 2.00 bits per heavy atom. The van der Waals surface area contributed by atoms with Crippen LogP contribution in [-0.2, 0) is 4.79 Å². The Labute approximate surface area is 121 Å². The average Bonchev–Trinajstić information content (AvgIpc) is 2.87. The molecule has 0 aromatic carbocycles. The first-order valence-electron chi connectivity index (χ1n) is 6.61. The molecule has 0 bridgehead atoms. The molecule has 2 aliphatic rings. The highest BCUT2D eigenvalue weighted by Gasteiger charge is 2.42. The standard InChI is InChI=1S/C12H20N2O3S2/c15-10(16)12(3-1-2-4-12)14-11(17)13-7-9-8-18-5-6-19-9/h9H,1-8H2,(H,15,16)(H2,13,14,17). The van der Waals surface area contributed by atoms with Crippen molar-refractivity contribution in [3.05, 3.63) is 0 Å². The van der Waals surface area contributed by atoms with Crippen LogP contribution >= 0.6 is 23.5 Å². The van der Waals surface area contributed by atoms with Gasteiger partial charge in [-0.1, -0.05) is 12.8 Å². The summed E-state index contributed by atoms with van der Waals surface area (Å²) in [5, 5.41) is 15.2. The Balaban J connectivity index is 1.78. The van der Waals surface area contributed by atoms with Crippen molar-refractivity contribution in [3.8, 4) is 0 Å². The Kier molecular flexibility index (Phi) is 5.27. The molecule has 0 radical (unpaired) electrons. The van der Waals surface area contributed by atoms with Crippen LogP contribution in [0, 0.1) is 0 Å². The van der Waals surface area contributed by atoms with E-state index in [1.54, 1.807) is 0 Å². The monoisotopic (exact) mass is 304 g/mol. The van der Waals surface area contributed by atoms with E-state index in [0.717, 1.165) is 24.3 Å². The molecule has 1 heterocycles. The van der Waals surface area contributed by atoms with Crippen LogP contribution in [0.4, 0.5) is 4.79 Å². The molecule has 1 aliphatic carbocycles. The molecule has 3 N–H and O–H groups in total. The van der Waals surface area contributed by atoms with Crippen molar-refractivity contribution in [1.82, 2.24) is 10.6 Å². The third-order valence-corrected chi connectivity index (χ3v) is 6.44. The summed E-state index contributed by atoms with van der Waals surface area (Å²) in [6.45, 7) is 0.610. The maximum Gasteiger partial charge on any atom is 0.329 e. The van der Waals surface area contributed by atoms with Crippen molar-refractivity contribution < 1.29 is 14.7 Å². The van der Waals surface area contributed by atoms with E-state index in [4.69, 9.17) is 0 Å². The van der Waals surface area contributed by atoms with Crippen LogP contribution in [0.1, 0.15) is 25.7 Å². The van der Waals surface area contributed by atoms with Gasteiger partial charge in [-0.3, -0.25) is 0 Å². The molecule has 0 spiro atoms. The lowest BCUT2D eigenvalue weighted by Gasteiger charge is -2.26. The second-order valence-corrected chi connectivity index (χ2v) is 7.56. The van der Waals surface area contributed by atoms with Gasteiger partial charge in [0, 0.05) is 29.1 Å². The van der Waals surface area contributed by atoms with Crippen LogP contribution in [0.5, 0.6) is 0 Å². The number of amides is 2. The van der Waals surface area contributed by atoms with Gasteiger partial charge in [0.05, 0.1) is 0 Å². The molecule has 1 unspecified atom stereocenters. The third kappa shape index (κ3) is 3.95. The minimum atomic E-state index is -1.04. The van der Waals surface area contributed by atoms with Crippen molar-refractivity contribution in [3.63, 3.8) is 0 Å². The van der Waals surface area contributed by atoms with Crippen LogP contribution in [0.2, 0.25) is 0 Å². The molecule has 19 heavy (non-hydrogen) atoms. The fraction of sp³-hybridized carbons (Fsp3) is 0.833. The molecule has 1 saturated carbocycles. The predicted octanol–water partition coefficient (Wildman–Crippen LogP) is 1.53. The van der Waals surface area contributed by atoms with Gasteiger partial charge in [0.1, 0.15) is 5.54 Å². The topological polar surface area (TPSA) is 78.4 Å². The smallest absolute Gasteiger partial charge is 0.329 e. The van der Waals surface area contributed by atoms with E-state index in [1.165, 1.54) is 5.75 Å². The minimum absolute atomic E-state index is 0.347. The van der Waals surface area contributed by atoms with Gasteiger partial charge in [0.15, 0.2) is 0 Å². The number of hydrogen-bond donors (Lipinski definition) is 3. The molecule has 108 valence electrons. The van der Waals surface area contributed by atoms with Crippen molar-refractivity contribution >= 4 is 35.5 Å². The zero-order valence-electron chi connectivity index (χ0n) is 10.8. The molecule has 7 heteroatoms. The summed E-state index contributed by atoms with van der Waals surface area (Å²) >= 11 is 3.78. The van der Waals surface area contributed by atoms with Gasteiger partial charge in [-0.25, -0.2) is 9.59 Å². The second kappa shape index (κ2) is 6.74. The molecule has 2 fully saturated rings. The van der Waals surface area contributed by atoms with Gasteiger partial charge in [0.25, 0.3) is 0 Å². The van der Waals surface area contributed by atoms with Gasteiger partial charge in [-0.2, -0.15) is 23.5 Å². The summed E-state index contributed by atoms with van der Waals surface area (Å²) in [5.74, 6) is 2.44. The van der Waals surface area contributed by atoms with E-state index < -0.39 is 11.5 Å². The summed E-state index contributed by atoms with van der Waals surface area (Å²) in [5.41, 5.74) is -1.04. The van der Waals surface area contributed by atoms with Crippen molar-refractivity contribution in [2.75, 3.05) is 23.8 Å². The first kappa shape index (κ1) is 14.8. The van der Waals surface area contributed by atoms with Crippen LogP contribution in [0.3, 0.4) is 0 Å². The number of carboxylic acids is 1.